The molecule has 6 nitrogen and oxygen atoms in total. The fourth-order valence-electron chi connectivity index (χ4n) is 6.27. The number of carbonyl (C=O) groups is 1. The van der Waals surface area contributed by atoms with Crippen molar-refractivity contribution in [2.75, 3.05) is 32.1 Å². The summed E-state index contributed by atoms with van der Waals surface area (Å²) in [5, 5.41) is 12.8. The average Bonchev–Trinajstić information content (AvgIpc) is 2.85. The quantitative estimate of drug-likeness (QED) is 0.569. The Labute approximate surface area is 220 Å². The lowest BCUT2D eigenvalue weighted by atomic mass is 9.49. The number of piperidine rings is 1. The first kappa shape index (κ1) is 26.3. The molecule has 0 radical (unpaired) electrons. The minimum atomic E-state index is -0.295. The Kier molecular flexibility index (Phi) is 7.28. The van der Waals surface area contributed by atoms with Gasteiger partial charge in [-0.2, -0.15) is 5.26 Å². The number of nitrogens with zero attached hydrogens (tertiary/aromatic N) is 3. The zero-order valence-electron chi connectivity index (χ0n) is 22.1. The molecule has 0 spiro atoms. The first-order valence-electron chi connectivity index (χ1n) is 12.6. The van der Waals surface area contributed by atoms with Crippen LogP contribution in [-0.2, 0) is 0 Å². The molecular weight excluding hydrogens is 472 g/mol. The highest BCUT2D eigenvalue weighted by Gasteiger charge is 2.64. The van der Waals surface area contributed by atoms with Crippen LogP contribution < -0.4 is 15.0 Å². The molecule has 192 valence electrons. The van der Waals surface area contributed by atoms with Gasteiger partial charge < -0.3 is 19.9 Å². The normalized spacial score (nSPS) is 23.0. The van der Waals surface area contributed by atoms with Crippen molar-refractivity contribution >= 4 is 23.2 Å². The van der Waals surface area contributed by atoms with Crippen molar-refractivity contribution < 1.29 is 9.53 Å². The summed E-state index contributed by atoms with van der Waals surface area (Å²) in [4.78, 5) is 17.9. The maximum atomic E-state index is 13.2. The molecule has 7 heteroatoms. The van der Waals surface area contributed by atoms with Crippen LogP contribution in [0.15, 0.2) is 42.5 Å². The molecule has 1 aliphatic heterocycles. The van der Waals surface area contributed by atoms with Crippen LogP contribution in [0.5, 0.6) is 5.75 Å². The molecule has 1 saturated carbocycles. The fourth-order valence-corrected chi connectivity index (χ4v) is 6.49. The van der Waals surface area contributed by atoms with E-state index in [2.05, 4.69) is 75.1 Å². The molecule has 2 aromatic carbocycles. The summed E-state index contributed by atoms with van der Waals surface area (Å²) in [5.74, 6) is 0.555. The highest BCUT2D eigenvalue weighted by Crippen LogP contribution is 2.55. The second-order valence-corrected chi connectivity index (χ2v) is 11.9. The Hall–Kier alpha value is -2.75. The van der Waals surface area contributed by atoms with Gasteiger partial charge in [0.15, 0.2) is 0 Å². The Morgan fingerprint density at radius 2 is 1.69 bits per heavy atom. The topological polar surface area (TPSA) is 68.6 Å². The molecule has 1 aliphatic carbocycles. The third-order valence-electron chi connectivity index (χ3n) is 8.12. The molecule has 1 N–H and O–H groups in total. The van der Waals surface area contributed by atoms with Crippen molar-refractivity contribution in [2.24, 2.45) is 10.8 Å². The third kappa shape index (κ3) is 4.92. The number of hydrogen-bond donors (Lipinski definition) is 1. The molecular formula is C29H37ClN4O2. The summed E-state index contributed by atoms with van der Waals surface area (Å²) in [6.07, 6.45) is 2.17. The van der Waals surface area contributed by atoms with Crippen molar-refractivity contribution in [1.82, 2.24) is 10.2 Å². The van der Waals surface area contributed by atoms with E-state index in [1.807, 2.05) is 12.1 Å². The lowest BCUT2D eigenvalue weighted by molar-refractivity contribution is -0.164. The Balaban J connectivity index is 1.39. The molecule has 0 atom stereocenters. The van der Waals surface area contributed by atoms with Crippen LogP contribution in [-0.4, -0.2) is 56.2 Å². The second kappa shape index (κ2) is 9.95. The maximum absolute atomic E-state index is 13.2. The van der Waals surface area contributed by atoms with E-state index in [9.17, 15) is 4.79 Å². The molecule has 1 heterocycles. The average molecular weight is 509 g/mol. The van der Waals surface area contributed by atoms with Crippen LogP contribution in [0.2, 0.25) is 5.02 Å². The van der Waals surface area contributed by atoms with Gasteiger partial charge >= 0.3 is 0 Å². The van der Waals surface area contributed by atoms with E-state index in [-0.39, 0.29) is 28.9 Å². The van der Waals surface area contributed by atoms with Gasteiger partial charge in [0.25, 0.3) is 5.91 Å². The monoisotopic (exact) mass is 508 g/mol. The first-order valence-corrected chi connectivity index (χ1v) is 13.0. The number of ether oxygens (including phenoxy) is 1. The lowest BCUT2D eigenvalue weighted by Crippen LogP contribution is -2.74. The lowest BCUT2D eigenvalue weighted by Gasteiger charge is -2.63. The summed E-state index contributed by atoms with van der Waals surface area (Å²) in [5.41, 5.74) is 1.66. The number of nitriles is 1. The van der Waals surface area contributed by atoms with Crippen molar-refractivity contribution in [3.8, 4) is 11.8 Å². The van der Waals surface area contributed by atoms with E-state index in [1.165, 1.54) is 5.69 Å². The van der Waals surface area contributed by atoms with Crippen molar-refractivity contribution in [1.29, 1.82) is 5.26 Å². The fraction of sp³-hybridized carbons (Fsp3) is 0.517. The minimum Gasteiger partial charge on any atom is -0.489 e. The zero-order valence-corrected chi connectivity index (χ0v) is 22.9. The molecule has 2 aliphatic rings. The smallest absolute Gasteiger partial charge is 0.251 e. The van der Waals surface area contributed by atoms with Crippen LogP contribution >= 0.6 is 11.6 Å². The van der Waals surface area contributed by atoms with Crippen molar-refractivity contribution in [3.05, 3.63) is 58.6 Å². The molecule has 0 aromatic heterocycles. The van der Waals surface area contributed by atoms with E-state index in [0.29, 0.717) is 27.9 Å². The van der Waals surface area contributed by atoms with Gasteiger partial charge in [0.1, 0.15) is 17.9 Å². The predicted octanol–water partition coefficient (Wildman–Crippen LogP) is 5.35. The molecule has 1 saturated heterocycles. The van der Waals surface area contributed by atoms with Crippen LogP contribution in [0.3, 0.4) is 0 Å². The van der Waals surface area contributed by atoms with Crippen LogP contribution in [0.4, 0.5) is 5.69 Å². The Morgan fingerprint density at radius 3 is 2.22 bits per heavy atom. The Morgan fingerprint density at radius 1 is 1.08 bits per heavy atom. The van der Waals surface area contributed by atoms with Crippen molar-refractivity contribution in [2.45, 2.75) is 58.7 Å². The molecule has 2 aromatic rings. The summed E-state index contributed by atoms with van der Waals surface area (Å²) in [6.45, 7) is 10.5. The van der Waals surface area contributed by atoms with Gasteiger partial charge in [-0.05, 0) is 63.3 Å². The van der Waals surface area contributed by atoms with Gasteiger partial charge in [-0.15, -0.1) is 0 Å². The van der Waals surface area contributed by atoms with Gasteiger partial charge in [0.2, 0.25) is 0 Å². The highest BCUT2D eigenvalue weighted by atomic mass is 35.5. The van der Waals surface area contributed by atoms with Crippen molar-refractivity contribution in [3.63, 3.8) is 0 Å². The molecule has 0 bridgehead atoms. The number of halogens is 1. The molecule has 4 rings (SSSR count). The second-order valence-electron chi connectivity index (χ2n) is 11.5. The van der Waals surface area contributed by atoms with E-state index in [4.69, 9.17) is 21.6 Å². The number of nitrogens with one attached hydrogen (secondary N) is 1. The van der Waals surface area contributed by atoms with Gasteiger partial charge in [-0.25, -0.2) is 0 Å². The van der Waals surface area contributed by atoms with E-state index in [0.717, 1.165) is 25.9 Å². The third-order valence-corrected chi connectivity index (χ3v) is 8.43. The van der Waals surface area contributed by atoms with Crippen LogP contribution in [0, 0.1) is 22.2 Å². The maximum Gasteiger partial charge on any atom is 0.251 e. The summed E-state index contributed by atoms with van der Waals surface area (Å²) in [6, 6.07) is 15.7. The van der Waals surface area contributed by atoms with Gasteiger partial charge in [0.05, 0.1) is 10.6 Å². The van der Waals surface area contributed by atoms with E-state index < -0.39 is 0 Å². The SMILES string of the molecule is CN(C)C1CCN(c2ccc(C(=O)NC3C(C)(C)C(Oc4ccc(C#N)c(Cl)c4)C3(C)C)cc2)CC1. The molecule has 2 fully saturated rings. The highest BCUT2D eigenvalue weighted by molar-refractivity contribution is 6.31. The molecule has 0 unspecified atom stereocenters. The van der Waals surface area contributed by atoms with Gasteiger partial charge in [-0.1, -0.05) is 39.3 Å². The van der Waals surface area contributed by atoms with Crippen LogP contribution in [0.25, 0.3) is 0 Å². The summed E-state index contributed by atoms with van der Waals surface area (Å²) in [7, 11) is 4.30. The Bertz CT molecular complexity index is 1130. The summed E-state index contributed by atoms with van der Waals surface area (Å²) >= 11 is 6.20. The minimum absolute atomic E-state index is 0.0684. The number of amides is 1. The number of hydrogen-bond acceptors (Lipinski definition) is 5. The largest absolute Gasteiger partial charge is 0.489 e. The first-order chi connectivity index (χ1) is 16.9. The van der Waals surface area contributed by atoms with Gasteiger partial charge in [0, 0.05) is 53.3 Å². The number of benzene rings is 2. The molecule has 36 heavy (non-hydrogen) atoms. The van der Waals surface area contributed by atoms with E-state index in [1.54, 1.807) is 18.2 Å². The predicted molar refractivity (Wildman–Crippen MR) is 145 cm³/mol. The van der Waals surface area contributed by atoms with Crippen LogP contribution in [0.1, 0.15) is 56.5 Å². The van der Waals surface area contributed by atoms with E-state index >= 15 is 0 Å². The van der Waals surface area contributed by atoms with Gasteiger partial charge in [-0.3, -0.25) is 4.79 Å². The standard InChI is InChI=1S/C29H37ClN4O2/c1-28(2)26(29(3,4)27(28)36-23-12-9-20(18-31)24(30)17-23)32-25(35)19-7-10-22(11-8-19)34-15-13-21(14-16-34)33(5)6/h7-12,17,21,26-27H,13-16H2,1-6H3,(H,32,35). The molecule has 1 amide bonds. The number of rotatable bonds is 6. The number of anilines is 1. The summed E-state index contributed by atoms with van der Waals surface area (Å²) < 4.78 is 6.33. The number of carbonyl (C=O) groups excluding carboxylic acids is 1. The zero-order chi connectivity index (χ0) is 26.3.